The third-order valence-corrected chi connectivity index (χ3v) is 6.32. The van der Waals surface area contributed by atoms with Crippen molar-refractivity contribution in [3.05, 3.63) is 65.5 Å². The van der Waals surface area contributed by atoms with Crippen LogP contribution < -0.4 is 0 Å². The van der Waals surface area contributed by atoms with Crippen LogP contribution in [0.5, 0.6) is 0 Å². The SMILES string of the molecule is CC1CN(C(=O)c2ccccc2)CC2(CCN(CCc3ccc(C(F)(F)F)cn3)CC2)O1. The van der Waals surface area contributed by atoms with Crippen LogP contribution in [0.15, 0.2) is 48.7 Å². The summed E-state index contributed by atoms with van der Waals surface area (Å²) < 4.78 is 44.4. The Labute approximate surface area is 186 Å². The molecule has 0 radical (unpaired) electrons. The van der Waals surface area contributed by atoms with Gasteiger partial charge in [-0.25, -0.2) is 0 Å². The fraction of sp³-hybridized carbons (Fsp3) is 0.500. The van der Waals surface area contributed by atoms with E-state index in [0.717, 1.165) is 44.7 Å². The topological polar surface area (TPSA) is 45.7 Å². The lowest BCUT2D eigenvalue weighted by Crippen LogP contribution is -2.60. The Kier molecular flexibility index (Phi) is 6.53. The van der Waals surface area contributed by atoms with Crippen LogP contribution in [-0.2, 0) is 17.3 Å². The number of carbonyl (C=O) groups excluding carboxylic acids is 1. The third kappa shape index (κ3) is 5.30. The maximum absolute atomic E-state index is 13.0. The average molecular weight is 448 g/mol. The Morgan fingerprint density at radius 1 is 1.16 bits per heavy atom. The Balaban J connectivity index is 1.31. The average Bonchev–Trinajstić information content (AvgIpc) is 2.78. The van der Waals surface area contributed by atoms with Crippen LogP contribution in [0.3, 0.4) is 0 Å². The van der Waals surface area contributed by atoms with Crippen LogP contribution in [0.25, 0.3) is 0 Å². The van der Waals surface area contributed by atoms with Gasteiger partial charge in [0.25, 0.3) is 5.91 Å². The standard InChI is InChI=1S/C24H28F3N3O2/c1-18-16-30(22(31)19-5-3-2-4-6-19)17-23(32-18)10-13-29(14-11-23)12-9-21-8-7-20(15-28-21)24(25,26)27/h2-8,15,18H,9-14,16-17H2,1H3. The molecule has 1 spiro atoms. The fourth-order valence-electron chi connectivity index (χ4n) is 4.61. The van der Waals surface area contributed by atoms with Crippen molar-refractivity contribution in [3.8, 4) is 0 Å². The number of ether oxygens (including phenoxy) is 1. The molecule has 1 amide bonds. The molecule has 0 saturated carbocycles. The predicted molar refractivity (Wildman–Crippen MR) is 114 cm³/mol. The molecule has 4 rings (SSSR count). The summed E-state index contributed by atoms with van der Waals surface area (Å²) in [5.41, 5.74) is 0.281. The molecule has 2 aliphatic heterocycles. The minimum absolute atomic E-state index is 0.0284. The normalized spacial score (nSPS) is 21.6. The molecule has 2 fully saturated rings. The molecule has 2 aliphatic rings. The van der Waals surface area contributed by atoms with Crippen LogP contribution in [0.2, 0.25) is 0 Å². The van der Waals surface area contributed by atoms with Crippen molar-refractivity contribution in [3.63, 3.8) is 0 Å². The molecule has 0 aliphatic carbocycles. The highest BCUT2D eigenvalue weighted by Gasteiger charge is 2.43. The Bertz CT molecular complexity index is 910. The maximum atomic E-state index is 13.0. The highest BCUT2D eigenvalue weighted by atomic mass is 19.4. The lowest BCUT2D eigenvalue weighted by molar-refractivity contribution is -0.161. The van der Waals surface area contributed by atoms with Gasteiger partial charge in [0.1, 0.15) is 0 Å². The van der Waals surface area contributed by atoms with Gasteiger partial charge in [0.15, 0.2) is 0 Å². The number of halogens is 3. The first-order chi connectivity index (χ1) is 15.2. The molecule has 3 heterocycles. The molecular weight excluding hydrogens is 419 g/mol. The minimum atomic E-state index is -4.36. The number of alkyl halides is 3. The Morgan fingerprint density at radius 2 is 1.88 bits per heavy atom. The van der Waals surface area contributed by atoms with Crippen molar-refractivity contribution in [1.82, 2.24) is 14.8 Å². The van der Waals surface area contributed by atoms with E-state index in [9.17, 15) is 18.0 Å². The number of rotatable bonds is 4. The summed E-state index contributed by atoms with van der Waals surface area (Å²) in [7, 11) is 0. The molecule has 172 valence electrons. The lowest BCUT2D eigenvalue weighted by Gasteiger charge is -2.49. The zero-order valence-corrected chi connectivity index (χ0v) is 18.1. The monoisotopic (exact) mass is 447 g/mol. The van der Waals surface area contributed by atoms with Gasteiger partial charge in [0.2, 0.25) is 0 Å². The van der Waals surface area contributed by atoms with Gasteiger partial charge < -0.3 is 14.5 Å². The van der Waals surface area contributed by atoms with Crippen LogP contribution in [0.4, 0.5) is 13.2 Å². The summed E-state index contributed by atoms with van der Waals surface area (Å²) in [5.74, 6) is 0.0379. The van der Waals surface area contributed by atoms with Crippen LogP contribution >= 0.6 is 0 Å². The zero-order chi connectivity index (χ0) is 22.8. The van der Waals surface area contributed by atoms with Crippen molar-refractivity contribution in [1.29, 1.82) is 0 Å². The van der Waals surface area contributed by atoms with Crippen molar-refractivity contribution in [2.45, 2.75) is 44.1 Å². The first-order valence-electron chi connectivity index (χ1n) is 11.0. The number of benzene rings is 1. The van der Waals surface area contributed by atoms with Crippen LogP contribution in [0, 0.1) is 0 Å². The first kappa shape index (κ1) is 22.7. The number of likely N-dealkylation sites (tertiary alicyclic amines) is 1. The molecule has 1 aromatic heterocycles. The number of morpholine rings is 1. The van der Waals surface area contributed by atoms with Gasteiger partial charge in [0.05, 0.1) is 23.8 Å². The number of nitrogens with zero attached hydrogens (tertiary/aromatic N) is 3. The van der Waals surface area contributed by atoms with E-state index in [0.29, 0.717) is 30.8 Å². The highest BCUT2D eigenvalue weighted by Crippen LogP contribution is 2.33. The number of amides is 1. The second kappa shape index (κ2) is 9.19. The molecular formula is C24H28F3N3O2. The molecule has 1 unspecified atom stereocenters. The third-order valence-electron chi connectivity index (χ3n) is 6.32. The molecule has 0 bridgehead atoms. The summed E-state index contributed by atoms with van der Waals surface area (Å²) in [5, 5.41) is 0. The van der Waals surface area contributed by atoms with E-state index in [-0.39, 0.29) is 17.6 Å². The predicted octanol–water partition coefficient (Wildman–Crippen LogP) is 4.04. The number of pyridine rings is 1. The molecule has 0 N–H and O–H groups in total. The Hall–Kier alpha value is -2.45. The van der Waals surface area contributed by atoms with Gasteiger partial charge in [-0.3, -0.25) is 9.78 Å². The second-order valence-electron chi connectivity index (χ2n) is 8.79. The van der Waals surface area contributed by atoms with E-state index in [4.69, 9.17) is 4.74 Å². The van der Waals surface area contributed by atoms with Gasteiger partial charge >= 0.3 is 6.18 Å². The maximum Gasteiger partial charge on any atom is 0.417 e. The first-order valence-corrected chi connectivity index (χ1v) is 11.0. The zero-order valence-electron chi connectivity index (χ0n) is 18.1. The Morgan fingerprint density at radius 3 is 2.50 bits per heavy atom. The number of hydrogen-bond donors (Lipinski definition) is 0. The summed E-state index contributed by atoms with van der Waals surface area (Å²) in [4.78, 5) is 21.1. The lowest BCUT2D eigenvalue weighted by atomic mass is 9.88. The van der Waals surface area contributed by atoms with Gasteiger partial charge in [-0.1, -0.05) is 18.2 Å². The number of hydrogen-bond acceptors (Lipinski definition) is 4. The van der Waals surface area contributed by atoms with E-state index < -0.39 is 11.7 Å². The van der Waals surface area contributed by atoms with E-state index >= 15 is 0 Å². The molecule has 5 nitrogen and oxygen atoms in total. The van der Waals surface area contributed by atoms with Crippen molar-refractivity contribution >= 4 is 5.91 Å². The summed E-state index contributed by atoms with van der Waals surface area (Å²) >= 11 is 0. The van der Waals surface area contributed by atoms with E-state index in [2.05, 4.69) is 9.88 Å². The van der Waals surface area contributed by atoms with E-state index in [1.165, 1.54) is 6.07 Å². The smallest absolute Gasteiger partial charge is 0.368 e. The van der Waals surface area contributed by atoms with Gasteiger partial charge in [-0.15, -0.1) is 0 Å². The quantitative estimate of drug-likeness (QED) is 0.710. The minimum Gasteiger partial charge on any atom is -0.368 e. The number of aromatic nitrogens is 1. The van der Waals surface area contributed by atoms with E-state index in [1.54, 1.807) is 0 Å². The molecule has 2 saturated heterocycles. The van der Waals surface area contributed by atoms with Crippen molar-refractivity contribution in [2.24, 2.45) is 0 Å². The van der Waals surface area contributed by atoms with Gasteiger partial charge in [-0.2, -0.15) is 13.2 Å². The molecule has 2 aromatic rings. The van der Waals surface area contributed by atoms with E-state index in [1.807, 2.05) is 42.2 Å². The van der Waals surface area contributed by atoms with Gasteiger partial charge in [-0.05, 0) is 44.0 Å². The van der Waals surface area contributed by atoms with Crippen LogP contribution in [0.1, 0.15) is 41.4 Å². The molecule has 1 atom stereocenters. The number of piperidine rings is 1. The van der Waals surface area contributed by atoms with Gasteiger partial charge in [0, 0.05) is 50.1 Å². The summed E-state index contributed by atoms with van der Waals surface area (Å²) in [6.45, 7) is 5.55. The fourth-order valence-corrected chi connectivity index (χ4v) is 4.61. The molecule has 32 heavy (non-hydrogen) atoms. The van der Waals surface area contributed by atoms with Crippen molar-refractivity contribution in [2.75, 3.05) is 32.7 Å². The largest absolute Gasteiger partial charge is 0.417 e. The molecule has 1 aromatic carbocycles. The van der Waals surface area contributed by atoms with Crippen LogP contribution in [-0.4, -0.2) is 65.1 Å². The summed E-state index contributed by atoms with van der Waals surface area (Å²) in [6, 6.07) is 11.9. The number of carbonyl (C=O) groups is 1. The summed E-state index contributed by atoms with van der Waals surface area (Å²) in [6.07, 6.45) is -1.26. The highest BCUT2D eigenvalue weighted by molar-refractivity contribution is 5.94. The molecule has 8 heteroatoms. The second-order valence-corrected chi connectivity index (χ2v) is 8.79. The van der Waals surface area contributed by atoms with Crippen molar-refractivity contribution < 1.29 is 22.7 Å².